The number of aromatic nitrogens is 1. The molecule has 1 saturated heterocycles. The molecule has 17 heavy (non-hydrogen) atoms. The molecule has 0 bridgehead atoms. The molecule has 4 nitrogen and oxygen atoms in total. The number of piperazine rings is 1. The van der Waals surface area contributed by atoms with E-state index in [1.165, 1.54) is 0 Å². The monoisotopic (exact) mass is 253 g/mol. The number of nitrogens with zero attached hydrogens (tertiary/aromatic N) is 2. The van der Waals surface area contributed by atoms with Crippen LogP contribution in [0.25, 0.3) is 0 Å². The minimum absolute atomic E-state index is 0.147. The Kier molecular flexibility index (Phi) is 3.79. The molecule has 0 unspecified atom stereocenters. The van der Waals surface area contributed by atoms with Gasteiger partial charge in [-0.15, -0.1) is 11.3 Å². The van der Waals surface area contributed by atoms with Gasteiger partial charge in [0, 0.05) is 25.7 Å². The summed E-state index contributed by atoms with van der Waals surface area (Å²) >= 11 is 1.54. The van der Waals surface area contributed by atoms with Crippen LogP contribution in [-0.4, -0.2) is 41.5 Å². The van der Waals surface area contributed by atoms with E-state index >= 15 is 0 Å². The Hall–Kier alpha value is -0.940. The van der Waals surface area contributed by atoms with Gasteiger partial charge in [0.2, 0.25) is 0 Å². The number of aryl methyl sites for hydroxylation is 2. The van der Waals surface area contributed by atoms with E-state index in [1.54, 1.807) is 11.3 Å². The van der Waals surface area contributed by atoms with E-state index < -0.39 is 0 Å². The number of nitrogens with one attached hydrogen (secondary N) is 1. The second-order valence-corrected chi connectivity index (χ2v) is 5.51. The number of carbonyl (C=O) groups excluding carboxylic acids is 1. The number of thiazole rings is 1. The van der Waals surface area contributed by atoms with Crippen molar-refractivity contribution in [3.8, 4) is 0 Å². The molecule has 0 aromatic carbocycles. The molecule has 0 spiro atoms. The van der Waals surface area contributed by atoms with Crippen molar-refractivity contribution in [1.29, 1.82) is 0 Å². The number of carbonyl (C=O) groups is 1. The lowest BCUT2D eigenvalue weighted by atomic mass is 10.2. The lowest BCUT2D eigenvalue weighted by molar-refractivity contribution is 0.0660. The van der Waals surface area contributed by atoms with Crippen LogP contribution in [-0.2, 0) is 6.42 Å². The predicted molar refractivity (Wildman–Crippen MR) is 69.6 cm³/mol. The van der Waals surface area contributed by atoms with Gasteiger partial charge in [0.1, 0.15) is 4.88 Å². The van der Waals surface area contributed by atoms with Crippen molar-refractivity contribution in [2.45, 2.75) is 33.2 Å². The number of hydrogen-bond donors (Lipinski definition) is 1. The van der Waals surface area contributed by atoms with Gasteiger partial charge in [-0.05, 0) is 20.3 Å². The number of rotatable bonds is 2. The van der Waals surface area contributed by atoms with E-state index in [1.807, 2.05) is 11.8 Å². The van der Waals surface area contributed by atoms with E-state index in [4.69, 9.17) is 0 Å². The average Bonchev–Trinajstić information content (AvgIpc) is 2.70. The highest BCUT2D eigenvalue weighted by molar-refractivity contribution is 7.13. The highest BCUT2D eigenvalue weighted by atomic mass is 32.1. The molecular weight excluding hydrogens is 234 g/mol. The maximum Gasteiger partial charge on any atom is 0.266 e. The van der Waals surface area contributed by atoms with Gasteiger partial charge in [-0.3, -0.25) is 4.79 Å². The van der Waals surface area contributed by atoms with Crippen LogP contribution >= 0.6 is 11.3 Å². The van der Waals surface area contributed by atoms with E-state index in [2.05, 4.69) is 24.1 Å². The Morgan fingerprint density at radius 3 is 3.00 bits per heavy atom. The Labute approximate surface area is 106 Å². The first-order valence-electron chi connectivity index (χ1n) is 6.11. The zero-order chi connectivity index (χ0) is 12.4. The predicted octanol–water partition coefficient (Wildman–Crippen LogP) is 1.45. The summed E-state index contributed by atoms with van der Waals surface area (Å²) in [5, 5.41) is 4.35. The van der Waals surface area contributed by atoms with Crippen molar-refractivity contribution in [3.63, 3.8) is 0 Å². The summed E-state index contributed by atoms with van der Waals surface area (Å²) in [5.74, 6) is 0.147. The van der Waals surface area contributed by atoms with Gasteiger partial charge < -0.3 is 10.2 Å². The highest BCUT2D eigenvalue weighted by Crippen LogP contribution is 2.21. The Balaban J connectivity index is 2.20. The van der Waals surface area contributed by atoms with Gasteiger partial charge in [-0.25, -0.2) is 4.98 Å². The van der Waals surface area contributed by atoms with Crippen LogP contribution < -0.4 is 5.32 Å². The molecule has 1 aliphatic heterocycles. The second-order valence-electron chi connectivity index (χ2n) is 4.43. The Bertz CT molecular complexity index is 416. The molecule has 1 aliphatic rings. The Morgan fingerprint density at radius 2 is 2.41 bits per heavy atom. The first kappa shape index (κ1) is 12.5. The van der Waals surface area contributed by atoms with E-state index in [0.717, 1.165) is 41.6 Å². The van der Waals surface area contributed by atoms with Crippen LogP contribution in [0.4, 0.5) is 0 Å². The lowest BCUT2D eigenvalue weighted by Gasteiger charge is -2.33. The summed E-state index contributed by atoms with van der Waals surface area (Å²) < 4.78 is 0. The fraction of sp³-hybridized carbons (Fsp3) is 0.667. The van der Waals surface area contributed by atoms with Crippen LogP contribution in [0.15, 0.2) is 0 Å². The summed E-state index contributed by atoms with van der Waals surface area (Å²) in [6.07, 6.45) is 0.899. The van der Waals surface area contributed by atoms with Crippen LogP contribution in [0.2, 0.25) is 0 Å². The smallest absolute Gasteiger partial charge is 0.266 e. The van der Waals surface area contributed by atoms with Crippen molar-refractivity contribution in [2.24, 2.45) is 0 Å². The largest absolute Gasteiger partial charge is 0.333 e. The van der Waals surface area contributed by atoms with Crippen molar-refractivity contribution in [3.05, 3.63) is 15.6 Å². The van der Waals surface area contributed by atoms with Gasteiger partial charge in [-0.1, -0.05) is 6.92 Å². The number of hydrogen-bond acceptors (Lipinski definition) is 4. The average molecular weight is 253 g/mol. The standard InChI is InChI=1S/C12H19N3OS/c1-4-10-14-9(3)11(17-10)12(16)15-6-5-13-7-8(15)2/h8,13H,4-7H2,1-3H3/t8-/m1/s1. The summed E-state index contributed by atoms with van der Waals surface area (Å²) in [4.78, 5) is 19.6. The summed E-state index contributed by atoms with van der Waals surface area (Å²) in [6, 6.07) is 0.267. The van der Waals surface area contributed by atoms with Crippen LogP contribution in [0.1, 0.15) is 34.2 Å². The van der Waals surface area contributed by atoms with Crippen LogP contribution in [0.5, 0.6) is 0 Å². The molecule has 2 rings (SSSR count). The van der Waals surface area contributed by atoms with Crippen molar-refractivity contribution in [2.75, 3.05) is 19.6 Å². The molecule has 5 heteroatoms. The zero-order valence-corrected chi connectivity index (χ0v) is 11.4. The zero-order valence-electron chi connectivity index (χ0n) is 10.6. The summed E-state index contributed by atoms with van der Waals surface area (Å²) in [6.45, 7) is 8.63. The molecule has 1 atom stereocenters. The molecule has 0 aliphatic carbocycles. The fourth-order valence-electron chi connectivity index (χ4n) is 2.08. The topological polar surface area (TPSA) is 45.2 Å². The first-order valence-corrected chi connectivity index (χ1v) is 6.93. The molecular formula is C12H19N3OS. The molecule has 2 heterocycles. The second kappa shape index (κ2) is 5.14. The van der Waals surface area contributed by atoms with Gasteiger partial charge in [-0.2, -0.15) is 0 Å². The summed E-state index contributed by atoms with van der Waals surface area (Å²) in [7, 11) is 0. The third-order valence-corrected chi connectivity index (χ3v) is 4.39. The van der Waals surface area contributed by atoms with Crippen molar-refractivity contribution >= 4 is 17.2 Å². The molecule has 1 fully saturated rings. The van der Waals surface area contributed by atoms with E-state index in [0.29, 0.717) is 0 Å². The van der Waals surface area contributed by atoms with Crippen LogP contribution in [0.3, 0.4) is 0 Å². The first-order chi connectivity index (χ1) is 8.13. The third-order valence-electron chi connectivity index (χ3n) is 3.10. The lowest BCUT2D eigenvalue weighted by Crippen LogP contribution is -2.52. The van der Waals surface area contributed by atoms with Gasteiger partial charge in [0.05, 0.1) is 10.7 Å². The maximum atomic E-state index is 12.4. The van der Waals surface area contributed by atoms with E-state index in [9.17, 15) is 4.79 Å². The van der Waals surface area contributed by atoms with Gasteiger partial charge in [0.25, 0.3) is 5.91 Å². The molecule has 1 N–H and O–H groups in total. The van der Waals surface area contributed by atoms with Crippen molar-refractivity contribution < 1.29 is 4.79 Å². The minimum atomic E-state index is 0.147. The minimum Gasteiger partial charge on any atom is -0.333 e. The van der Waals surface area contributed by atoms with E-state index in [-0.39, 0.29) is 11.9 Å². The SMILES string of the molecule is CCc1nc(C)c(C(=O)N2CCNC[C@H]2C)s1. The highest BCUT2D eigenvalue weighted by Gasteiger charge is 2.26. The summed E-state index contributed by atoms with van der Waals surface area (Å²) in [5.41, 5.74) is 0.877. The third kappa shape index (κ3) is 2.50. The van der Waals surface area contributed by atoms with Gasteiger partial charge in [0.15, 0.2) is 0 Å². The molecule has 0 saturated carbocycles. The van der Waals surface area contributed by atoms with Gasteiger partial charge >= 0.3 is 0 Å². The quantitative estimate of drug-likeness (QED) is 0.867. The molecule has 1 amide bonds. The molecule has 94 valence electrons. The van der Waals surface area contributed by atoms with Crippen molar-refractivity contribution in [1.82, 2.24) is 15.2 Å². The normalized spacial score (nSPS) is 20.6. The number of amides is 1. The fourth-order valence-corrected chi connectivity index (χ4v) is 3.04. The molecule has 1 aromatic heterocycles. The van der Waals surface area contributed by atoms with Crippen LogP contribution in [0, 0.1) is 6.92 Å². The maximum absolute atomic E-state index is 12.4. The Morgan fingerprint density at radius 1 is 1.65 bits per heavy atom. The molecule has 0 radical (unpaired) electrons. The molecule has 1 aromatic rings.